The normalized spacial score (nSPS) is 29.0. The monoisotopic (exact) mass is 330 g/mol. The lowest BCUT2D eigenvalue weighted by atomic mass is 9.82. The van der Waals surface area contributed by atoms with Crippen LogP contribution in [0.1, 0.15) is 53.4 Å². The molecule has 2 atom stereocenters. The Morgan fingerprint density at radius 2 is 1.90 bits per heavy atom. The number of rotatable bonds is 3. The highest BCUT2D eigenvalue weighted by Crippen LogP contribution is 2.39. The highest BCUT2D eigenvalue weighted by atomic mass is 32.2. The smallest absolute Gasteiger partial charge is 0.150 e. The maximum atomic E-state index is 11.5. The first-order valence-corrected chi connectivity index (χ1v) is 11.1. The van der Waals surface area contributed by atoms with Crippen molar-refractivity contribution in [3.05, 3.63) is 11.6 Å². The van der Waals surface area contributed by atoms with E-state index >= 15 is 0 Å². The highest BCUT2D eigenvalue weighted by molar-refractivity contribution is 8.00. The van der Waals surface area contributed by atoms with Gasteiger partial charge in [0.25, 0.3) is 0 Å². The third-order valence-electron chi connectivity index (χ3n) is 5.06. The van der Waals surface area contributed by atoms with Crippen LogP contribution in [0.3, 0.4) is 0 Å². The van der Waals surface area contributed by atoms with Gasteiger partial charge >= 0.3 is 0 Å². The molecule has 0 saturated carbocycles. The van der Waals surface area contributed by atoms with Gasteiger partial charge in [0, 0.05) is 5.25 Å². The van der Waals surface area contributed by atoms with Crippen LogP contribution in [0.2, 0.25) is 0 Å². The van der Waals surface area contributed by atoms with Gasteiger partial charge in [-0.2, -0.15) is 11.8 Å². The van der Waals surface area contributed by atoms with Crippen LogP contribution in [0.15, 0.2) is 11.6 Å². The maximum Gasteiger partial charge on any atom is 0.150 e. The summed E-state index contributed by atoms with van der Waals surface area (Å²) in [7, 11) is -2.73. The predicted molar refractivity (Wildman–Crippen MR) is 93.6 cm³/mol. The third-order valence-corrected chi connectivity index (χ3v) is 7.97. The van der Waals surface area contributed by atoms with E-state index in [9.17, 15) is 8.42 Å². The van der Waals surface area contributed by atoms with Gasteiger partial charge in [-0.25, -0.2) is 8.42 Å². The Kier molecular flexibility index (Phi) is 5.51. The second-order valence-corrected chi connectivity index (χ2v) is 11.5. The minimum absolute atomic E-state index is 0.293. The Morgan fingerprint density at radius 1 is 1.29 bits per heavy atom. The van der Waals surface area contributed by atoms with Crippen molar-refractivity contribution in [2.75, 3.05) is 17.3 Å². The summed E-state index contributed by atoms with van der Waals surface area (Å²) >= 11 is 2.08. The van der Waals surface area contributed by atoms with Gasteiger partial charge in [-0.3, -0.25) is 0 Å². The summed E-state index contributed by atoms with van der Waals surface area (Å²) in [5, 5.41) is 0.626. The molecule has 2 rings (SSSR count). The second kappa shape index (κ2) is 6.66. The molecular formula is C17H30O2S2. The highest BCUT2D eigenvalue weighted by Gasteiger charge is 2.30. The predicted octanol–water partition coefficient (Wildman–Crippen LogP) is 4.32. The van der Waals surface area contributed by atoms with Gasteiger partial charge in [0.1, 0.15) is 9.84 Å². The van der Waals surface area contributed by atoms with Crippen LogP contribution in [0.5, 0.6) is 0 Å². The zero-order valence-corrected chi connectivity index (χ0v) is 15.5. The summed E-state index contributed by atoms with van der Waals surface area (Å²) in [6.07, 6.45) is 6.67. The molecule has 0 aromatic carbocycles. The van der Waals surface area contributed by atoms with E-state index in [1.165, 1.54) is 18.6 Å². The summed E-state index contributed by atoms with van der Waals surface area (Å²) in [6, 6.07) is 0. The molecule has 0 aliphatic carbocycles. The molecular weight excluding hydrogens is 300 g/mol. The molecule has 0 aromatic rings. The van der Waals surface area contributed by atoms with Crippen LogP contribution in [0, 0.1) is 17.3 Å². The van der Waals surface area contributed by atoms with Gasteiger partial charge in [0.15, 0.2) is 0 Å². The molecule has 4 heteroatoms. The molecule has 2 aliphatic heterocycles. The van der Waals surface area contributed by atoms with Crippen molar-refractivity contribution in [3.63, 3.8) is 0 Å². The van der Waals surface area contributed by atoms with Gasteiger partial charge in [0.05, 0.1) is 11.5 Å². The number of thioether (sulfide) groups is 1. The molecule has 2 aliphatic rings. The van der Waals surface area contributed by atoms with Crippen molar-refractivity contribution in [1.82, 2.24) is 0 Å². The molecule has 2 nitrogen and oxygen atoms in total. The van der Waals surface area contributed by atoms with Crippen LogP contribution in [-0.2, 0) is 9.84 Å². The van der Waals surface area contributed by atoms with E-state index in [1.807, 2.05) is 0 Å². The topological polar surface area (TPSA) is 34.1 Å². The molecule has 0 N–H and O–H groups in total. The van der Waals surface area contributed by atoms with Crippen molar-refractivity contribution < 1.29 is 8.42 Å². The molecule has 1 fully saturated rings. The van der Waals surface area contributed by atoms with Gasteiger partial charge in [-0.15, -0.1) is 0 Å². The summed E-state index contributed by atoms with van der Waals surface area (Å²) in [4.78, 5) is 0. The van der Waals surface area contributed by atoms with E-state index in [-0.39, 0.29) is 0 Å². The lowest BCUT2D eigenvalue weighted by Crippen LogP contribution is -2.28. The van der Waals surface area contributed by atoms with E-state index in [0.29, 0.717) is 34.0 Å². The number of hydrogen-bond donors (Lipinski definition) is 0. The maximum absolute atomic E-state index is 11.5. The minimum atomic E-state index is -2.73. The molecule has 2 heterocycles. The van der Waals surface area contributed by atoms with E-state index in [1.54, 1.807) is 5.57 Å². The minimum Gasteiger partial charge on any atom is -0.229 e. The van der Waals surface area contributed by atoms with Gasteiger partial charge in [-0.1, -0.05) is 39.3 Å². The summed E-state index contributed by atoms with van der Waals surface area (Å²) in [5.74, 6) is 3.28. The van der Waals surface area contributed by atoms with Gasteiger partial charge in [-0.05, 0) is 48.7 Å². The van der Waals surface area contributed by atoms with Crippen molar-refractivity contribution in [1.29, 1.82) is 0 Å². The van der Waals surface area contributed by atoms with Crippen LogP contribution in [0.25, 0.3) is 0 Å². The zero-order chi connectivity index (χ0) is 15.7. The molecule has 1 saturated heterocycles. The Balaban J connectivity index is 1.92. The third kappa shape index (κ3) is 5.02. The number of sulfone groups is 1. The standard InChI is InChI=1S/C17H30O2S2/c1-13(14-6-9-21(18,19)10-7-14)11-16-12-15(5-8-20-16)17(2,3)4/h12-14,16H,5-11H2,1-4H3. The SMILES string of the molecule is CC(CC1C=C(C(C)(C)C)CCS1)C1CCS(=O)(=O)CC1. The second-order valence-electron chi connectivity index (χ2n) is 7.80. The first kappa shape index (κ1) is 17.4. The largest absolute Gasteiger partial charge is 0.229 e. The average Bonchev–Trinajstić information content (AvgIpc) is 2.37. The van der Waals surface area contributed by atoms with Crippen LogP contribution in [-0.4, -0.2) is 30.9 Å². The summed E-state index contributed by atoms with van der Waals surface area (Å²) < 4.78 is 23.1. The van der Waals surface area contributed by atoms with Gasteiger partial charge in [0.2, 0.25) is 0 Å². The van der Waals surface area contributed by atoms with E-state index in [2.05, 4.69) is 45.5 Å². The first-order valence-electron chi connectivity index (χ1n) is 8.20. The van der Waals surface area contributed by atoms with Crippen molar-refractivity contribution in [2.24, 2.45) is 17.3 Å². The Morgan fingerprint density at radius 3 is 2.48 bits per heavy atom. The molecule has 0 aromatic heterocycles. The summed E-state index contributed by atoms with van der Waals surface area (Å²) in [5.41, 5.74) is 1.89. The molecule has 21 heavy (non-hydrogen) atoms. The fourth-order valence-corrected chi connectivity index (χ4v) is 6.34. The molecule has 0 amide bonds. The molecule has 0 spiro atoms. The Labute approximate surface area is 135 Å². The van der Waals surface area contributed by atoms with Crippen molar-refractivity contribution in [2.45, 2.75) is 58.6 Å². The van der Waals surface area contributed by atoms with Crippen molar-refractivity contribution in [3.8, 4) is 0 Å². The Bertz CT molecular complexity index is 471. The number of allylic oxidation sites excluding steroid dienone is 1. The van der Waals surface area contributed by atoms with Gasteiger partial charge < -0.3 is 0 Å². The van der Waals surface area contributed by atoms with E-state index in [4.69, 9.17) is 0 Å². The van der Waals surface area contributed by atoms with Crippen LogP contribution in [0.4, 0.5) is 0 Å². The molecule has 0 radical (unpaired) electrons. The average molecular weight is 331 g/mol. The fraction of sp³-hybridized carbons (Fsp3) is 0.882. The fourth-order valence-electron chi connectivity index (χ4n) is 3.47. The van der Waals surface area contributed by atoms with E-state index < -0.39 is 9.84 Å². The lowest BCUT2D eigenvalue weighted by molar-refractivity contribution is 0.314. The number of hydrogen-bond acceptors (Lipinski definition) is 3. The molecule has 122 valence electrons. The first-order chi connectivity index (χ1) is 9.67. The quantitative estimate of drug-likeness (QED) is 0.723. The lowest BCUT2D eigenvalue weighted by Gasteiger charge is -2.33. The van der Waals surface area contributed by atoms with E-state index in [0.717, 1.165) is 12.8 Å². The van der Waals surface area contributed by atoms with Crippen LogP contribution < -0.4 is 0 Å². The molecule has 2 unspecified atom stereocenters. The zero-order valence-electron chi connectivity index (χ0n) is 13.9. The Hall–Kier alpha value is 0.0400. The van der Waals surface area contributed by atoms with Crippen LogP contribution >= 0.6 is 11.8 Å². The van der Waals surface area contributed by atoms with Crippen molar-refractivity contribution >= 4 is 21.6 Å². The summed E-state index contributed by atoms with van der Waals surface area (Å²) in [6.45, 7) is 9.24. The molecule has 0 bridgehead atoms.